The highest BCUT2D eigenvalue weighted by molar-refractivity contribution is 5.14. The van der Waals surface area contributed by atoms with Gasteiger partial charge in [-0.05, 0) is 49.4 Å². The predicted octanol–water partition coefficient (Wildman–Crippen LogP) is 2.20. The molecule has 44 valence electrons. The van der Waals surface area contributed by atoms with E-state index in [1.54, 1.807) is 32.1 Å². The molecule has 3 saturated carbocycles. The second-order valence-corrected chi connectivity index (χ2v) is 4.01. The summed E-state index contributed by atoms with van der Waals surface area (Å²) in [5, 5.41) is 0. The highest BCUT2D eigenvalue weighted by Gasteiger charge is 2.64. The summed E-state index contributed by atoms with van der Waals surface area (Å²) < 4.78 is 0. The highest BCUT2D eigenvalue weighted by atomic mass is 14.7. The summed E-state index contributed by atoms with van der Waals surface area (Å²) in [6, 6.07) is 0. The van der Waals surface area contributed by atoms with E-state index in [4.69, 9.17) is 0 Å². The van der Waals surface area contributed by atoms with Gasteiger partial charge in [-0.25, -0.2) is 0 Å². The van der Waals surface area contributed by atoms with Gasteiger partial charge in [0.05, 0.1) is 0 Å². The lowest BCUT2D eigenvalue weighted by atomic mass is 9.90. The van der Waals surface area contributed by atoms with Gasteiger partial charge in [-0.15, -0.1) is 0 Å². The topological polar surface area (TPSA) is 0 Å². The van der Waals surface area contributed by atoms with Crippen LogP contribution < -0.4 is 0 Å². The highest BCUT2D eigenvalue weighted by Crippen LogP contribution is 2.74. The van der Waals surface area contributed by atoms with Crippen LogP contribution in [-0.2, 0) is 0 Å². The smallest absolute Gasteiger partial charge is 0.0263 e. The third-order valence-electron chi connectivity index (χ3n) is 3.85. The zero-order valence-corrected chi connectivity index (χ0v) is 5.19. The van der Waals surface area contributed by atoms with Crippen LogP contribution in [0.5, 0.6) is 0 Å². The summed E-state index contributed by atoms with van der Waals surface area (Å²) >= 11 is 0. The molecule has 0 nitrogen and oxygen atoms in total. The van der Waals surface area contributed by atoms with Crippen LogP contribution in [0.4, 0.5) is 0 Å². The van der Waals surface area contributed by atoms with Crippen LogP contribution in [0.2, 0.25) is 0 Å². The summed E-state index contributed by atoms with van der Waals surface area (Å²) in [7, 11) is 0. The lowest BCUT2D eigenvalue weighted by molar-refractivity contribution is 0.369. The van der Waals surface area contributed by atoms with Crippen molar-refractivity contribution in [2.24, 2.45) is 17.3 Å². The number of hydrogen-bond acceptors (Lipinski definition) is 0. The Bertz CT molecular complexity index is 126. The summed E-state index contributed by atoms with van der Waals surface area (Å²) in [6.07, 6.45) is 8.00. The standard InChI is InChI=1S/C8H12/c1-3-8-4-2-6(1)7(8)5-8/h6-7H,1-5H2. The fourth-order valence-electron chi connectivity index (χ4n) is 3.24. The quantitative estimate of drug-likeness (QED) is 0.446. The van der Waals surface area contributed by atoms with Gasteiger partial charge in [0.25, 0.3) is 0 Å². The molecule has 3 aliphatic rings. The van der Waals surface area contributed by atoms with Gasteiger partial charge in [-0.3, -0.25) is 0 Å². The normalized spacial score (nSPS) is 66.0. The predicted molar refractivity (Wildman–Crippen MR) is 32.5 cm³/mol. The summed E-state index contributed by atoms with van der Waals surface area (Å²) in [6.45, 7) is 0. The summed E-state index contributed by atoms with van der Waals surface area (Å²) in [4.78, 5) is 0. The molecule has 0 amide bonds. The number of rotatable bonds is 0. The fraction of sp³-hybridized carbons (Fsp3) is 1.00. The van der Waals surface area contributed by atoms with Crippen LogP contribution in [0, 0.1) is 17.3 Å². The zero-order valence-electron chi connectivity index (χ0n) is 5.19. The van der Waals surface area contributed by atoms with Crippen LogP contribution in [0.25, 0.3) is 0 Å². The van der Waals surface area contributed by atoms with Gasteiger partial charge in [-0.2, -0.15) is 0 Å². The molecule has 0 spiro atoms. The van der Waals surface area contributed by atoms with Crippen molar-refractivity contribution >= 4 is 0 Å². The van der Waals surface area contributed by atoms with Crippen molar-refractivity contribution in [3.63, 3.8) is 0 Å². The van der Waals surface area contributed by atoms with Gasteiger partial charge >= 0.3 is 0 Å². The average molecular weight is 108 g/mol. The first-order chi connectivity index (χ1) is 3.91. The first-order valence-corrected chi connectivity index (χ1v) is 3.91. The van der Waals surface area contributed by atoms with Crippen molar-refractivity contribution in [2.45, 2.75) is 32.1 Å². The molecule has 1 unspecified atom stereocenters. The Hall–Kier alpha value is 0. The fourth-order valence-corrected chi connectivity index (χ4v) is 3.24. The van der Waals surface area contributed by atoms with Crippen molar-refractivity contribution in [1.29, 1.82) is 0 Å². The largest absolute Gasteiger partial charge is 0.0496 e. The molecule has 3 rings (SSSR count). The molecule has 0 N–H and O–H groups in total. The van der Waals surface area contributed by atoms with Gasteiger partial charge < -0.3 is 0 Å². The molecule has 2 bridgehead atoms. The van der Waals surface area contributed by atoms with Crippen molar-refractivity contribution in [1.82, 2.24) is 0 Å². The van der Waals surface area contributed by atoms with Crippen LogP contribution >= 0.6 is 0 Å². The Morgan fingerprint density at radius 2 is 1.88 bits per heavy atom. The lowest BCUT2D eigenvalue weighted by Crippen LogP contribution is -2.02. The van der Waals surface area contributed by atoms with E-state index in [2.05, 4.69) is 0 Å². The third-order valence-corrected chi connectivity index (χ3v) is 3.85. The van der Waals surface area contributed by atoms with E-state index >= 15 is 0 Å². The monoisotopic (exact) mass is 108 g/mol. The lowest BCUT2D eigenvalue weighted by Gasteiger charge is -2.15. The molecular weight excluding hydrogens is 96.1 g/mol. The molecule has 8 heavy (non-hydrogen) atoms. The maximum absolute atomic E-state index is 1.62. The molecule has 0 aromatic carbocycles. The Balaban J connectivity index is 2.09. The maximum Gasteiger partial charge on any atom is -0.0263 e. The van der Waals surface area contributed by atoms with Crippen LogP contribution in [-0.4, -0.2) is 0 Å². The third kappa shape index (κ3) is 0.240. The van der Waals surface area contributed by atoms with E-state index in [1.165, 1.54) is 11.8 Å². The molecule has 0 heterocycles. The Morgan fingerprint density at radius 1 is 1.12 bits per heavy atom. The first kappa shape index (κ1) is 3.92. The van der Waals surface area contributed by atoms with Crippen LogP contribution in [0.15, 0.2) is 0 Å². The van der Waals surface area contributed by atoms with Crippen LogP contribution in [0.3, 0.4) is 0 Å². The molecule has 0 heteroatoms. The molecule has 0 aromatic heterocycles. The maximum atomic E-state index is 1.62. The summed E-state index contributed by atoms with van der Waals surface area (Å²) in [5.41, 5.74) is 0.977. The molecule has 0 aromatic rings. The Labute approximate surface area is 50.3 Å². The van der Waals surface area contributed by atoms with E-state index in [0.717, 1.165) is 5.41 Å². The van der Waals surface area contributed by atoms with Crippen molar-refractivity contribution in [3.8, 4) is 0 Å². The van der Waals surface area contributed by atoms with Crippen molar-refractivity contribution < 1.29 is 0 Å². The first-order valence-electron chi connectivity index (χ1n) is 3.91. The van der Waals surface area contributed by atoms with Gasteiger partial charge in [-0.1, -0.05) is 0 Å². The van der Waals surface area contributed by atoms with E-state index in [1.807, 2.05) is 0 Å². The van der Waals surface area contributed by atoms with Gasteiger partial charge in [0, 0.05) is 0 Å². The molecule has 0 radical (unpaired) electrons. The second kappa shape index (κ2) is 0.872. The van der Waals surface area contributed by atoms with E-state index < -0.39 is 0 Å². The van der Waals surface area contributed by atoms with E-state index in [9.17, 15) is 0 Å². The van der Waals surface area contributed by atoms with Gasteiger partial charge in [0.2, 0.25) is 0 Å². The second-order valence-electron chi connectivity index (χ2n) is 4.01. The van der Waals surface area contributed by atoms with Crippen molar-refractivity contribution in [3.05, 3.63) is 0 Å². The minimum absolute atomic E-state index is 0.977. The van der Waals surface area contributed by atoms with Crippen molar-refractivity contribution in [2.75, 3.05) is 0 Å². The minimum Gasteiger partial charge on any atom is -0.0496 e. The Kier molecular flexibility index (Phi) is 0.427. The molecular formula is C8H12. The SMILES string of the molecule is C1CC23CCC1C2C3. The summed E-state index contributed by atoms with van der Waals surface area (Å²) in [5.74, 6) is 2.44. The zero-order chi connectivity index (χ0) is 5.19. The van der Waals surface area contributed by atoms with E-state index in [0.29, 0.717) is 0 Å². The minimum atomic E-state index is 0.977. The van der Waals surface area contributed by atoms with Gasteiger partial charge in [0.15, 0.2) is 0 Å². The van der Waals surface area contributed by atoms with E-state index in [-0.39, 0.29) is 0 Å². The molecule has 3 aliphatic carbocycles. The van der Waals surface area contributed by atoms with Crippen LogP contribution in [0.1, 0.15) is 32.1 Å². The molecule has 0 aliphatic heterocycles. The van der Waals surface area contributed by atoms with Gasteiger partial charge in [0.1, 0.15) is 0 Å². The Morgan fingerprint density at radius 3 is 2.00 bits per heavy atom. The molecule has 1 atom stereocenters. The molecule has 0 saturated heterocycles. The average Bonchev–Trinajstić information content (AvgIpc) is 2.31. The number of hydrogen-bond donors (Lipinski definition) is 0. The molecule has 3 fully saturated rings.